The van der Waals surface area contributed by atoms with Crippen molar-refractivity contribution in [1.82, 2.24) is 5.32 Å². The molecular formula is C24H22F4N2O6. The fourth-order valence-corrected chi connectivity index (χ4v) is 3.93. The molecule has 1 heterocycles. The molecule has 36 heavy (non-hydrogen) atoms. The quantitative estimate of drug-likeness (QED) is 0.412. The highest BCUT2D eigenvalue weighted by Crippen LogP contribution is 2.33. The number of anilines is 1. The normalized spacial score (nSPS) is 16.0. The molecule has 0 aromatic heterocycles. The van der Waals surface area contributed by atoms with E-state index in [2.05, 4.69) is 5.32 Å². The molecule has 0 fully saturated rings. The Labute approximate surface area is 202 Å². The van der Waals surface area contributed by atoms with Gasteiger partial charge in [0.2, 0.25) is 5.91 Å². The molecule has 0 saturated heterocycles. The SMILES string of the molecule is O=C(O)CC(C(=O)CF)C(=O)NC1CCc2ccccc2N1C(=O)OCc1ccccc1C(F)(F)F. The number of alkyl halides is 4. The maximum atomic E-state index is 13.3. The molecule has 0 spiro atoms. The van der Waals surface area contributed by atoms with Gasteiger partial charge in [-0.1, -0.05) is 36.4 Å². The summed E-state index contributed by atoms with van der Waals surface area (Å²) in [5.41, 5.74) is -0.241. The summed E-state index contributed by atoms with van der Waals surface area (Å²) in [6.07, 6.45) is -7.31. The van der Waals surface area contributed by atoms with Crippen LogP contribution in [0.2, 0.25) is 0 Å². The summed E-state index contributed by atoms with van der Waals surface area (Å²) in [5.74, 6) is -5.64. The zero-order chi connectivity index (χ0) is 26.5. The van der Waals surface area contributed by atoms with Gasteiger partial charge in [0.25, 0.3) is 0 Å². The van der Waals surface area contributed by atoms with Crippen molar-refractivity contribution in [3.63, 3.8) is 0 Å². The van der Waals surface area contributed by atoms with Gasteiger partial charge in [0.1, 0.15) is 25.4 Å². The van der Waals surface area contributed by atoms with Gasteiger partial charge in [-0.2, -0.15) is 13.2 Å². The number of hydrogen-bond acceptors (Lipinski definition) is 5. The number of carboxylic acids is 1. The van der Waals surface area contributed by atoms with Crippen LogP contribution in [0.4, 0.5) is 28.0 Å². The number of amides is 2. The van der Waals surface area contributed by atoms with Crippen molar-refractivity contribution in [1.29, 1.82) is 0 Å². The smallest absolute Gasteiger partial charge is 0.416 e. The van der Waals surface area contributed by atoms with Crippen molar-refractivity contribution >= 4 is 29.4 Å². The number of halogens is 4. The maximum absolute atomic E-state index is 13.3. The molecule has 2 aromatic rings. The molecule has 0 saturated carbocycles. The van der Waals surface area contributed by atoms with Crippen LogP contribution in [0.15, 0.2) is 48.5 Å². The number of Topliss-reactive ketones (excluding diaryl/α,β-unsaturated/α-hetero) is 1. The van der Waals surface area contributed by atoms with Gasteiger partial charge in [-0.25, -0.2) is 9.18 Å². The Bertz CT molecular complexity index is 1150. The van der Waals surface area contributed by atoms with E-state index in [1.807, 2.05) is 0 Å². The number of carboxylic acid groups (broad SMARTS) is 1. The van der Waals surface area contributed by atoms with Crippen LogP contribution >= 0.6 is 0 Å². The molecule has 0 aliphatic carbocycles. The number of fused-ring (bicyclic) bond motifs is 1. The summed E-state index contributed by atoms with van der Waals surface area (Å²) in [5, 5.41) is 11.4. The lowest BCUT2D eigenvalue weighted by atomic mass is 9.97. The Balaban J connectivity index is 1.85. The third kappa shape index (κ3) is 6.18. The Morgan fingerprint density at radius 3 is 2.42 bits per heavy atom. The second-order valence-electron chi connectivity index (χ2n) is 8.02. The number of hydrogen-bond donors (Lipinski definition) is 2. The number of para-hydroxylation sites is 1. The number of benzene rings is 2. The minimum Gasteiger partial charge on any atom is -0.481 e. The van der Waals surface area contributed by atoms with Crippen molar-refractivity contribution in [2.45, 2.75) is 38.2 Å². The van der Waals surface area contributed by atoms with Gasteiger partial charge in [0.15, 0.2) is 5.78 Å². The topological polar surface area (TPSA) is 113 Å². The van der Waals surface area contributed by atoms with Crippen LogP contribution < -0.4 is 10.2 Å². The molecule has 1 aliphatic rings. The Hall–Kier alpha value is -3.96. The molecule has 2 unspecified atom stereocenters. The monoisotopic (exact) mass is 510 g/mol. The van der Waals surface area contributed by atoms with E-state index < -0.39 is 67.3 Å². The zero-order valence-corrected chi connectivity index (χ0v) is 18.8. The van der Waals surface area contributed by atoms with Gasteiger partial charge in [-0.3, -0.25) is 19.3 Å². The first-order valence-corrected chi connectivity index (χ1v) is 10.8. The third-order valence-electron chi connectivity index (χ3n) is 5.65. The number of ketones is 1. The average molecular weight is 510 g/mol. The molecule has 2 amide bonds. The number of rotatable bonds is 8. The predicted molar refractivity (Wildman–Crippen MR) is 118 cm³/mol. The van der Waals surface area contributed by atoms with Gasteiger partial charge in [0, 0.05) is 5.56 Å². The lowest BCUT2D eigenvalue weighted by molar-refractivity contribution is -0.145. The number of ether oxygens (including phenoxy) is 1. The van der Waals surface area contributed by atoms with E-state index in [1.54, 1.807) is 24.3 Å². The van der Waals surface area contributed by atoms with Gasteiger partial charge < -0.3 is 15.2 Å². The van der Waals surface area contributed by atoms with E-state index in [-0.39, 0.29) is 12.0 Å². The fourth-order valence-electron chi connectivity index (χ4n) is 3.93. The molecule has 1 aliphatic heterocycles. The number of aryl methyl sites for hydroxylation is 1. The highest BCUT2D eigenvalue weighted by molar-refractivity contribution is 6.04. The van der Waals surface area contributed by atoms with Gasteiger partial charge in [-0.15, -0.1) is 0 Å². The highest BCUT2D eigenvalue weighted by Gasteiger charge is 2.37. The number of carbonyl (C=O) groups excluding carboxylic acids is 3. The van der Waals surface area contributed by atoms with Crippen molar-refractivity contribution < 1.29 is 46.6 Å². The first kappa shape index (κ1) is 26.6. The molecule has 0 radical (unpaired) electrons. The number of nitrogens with one attached hydrogen (secondary N) is 1. The van der Waals surface area contributed by atoms with Gasteiger partial charge in [0.05, 0.1) is 17.7 Å². The number of aliphatic carboxylic acids is 1. The van der Waals surface area contributed by atoms with Crippen LogP contribution in [0.5, 0.6) is 0 Å². The van der Waals surface area contributed by atoms with Crippen LogP contribution in [-0.4, -0.2) is 41.7 Å². The van der Waals surface area contributed by atoms with E-state index in [1.165, 1.54) is 18.2 Å². The van der Waals surface area contributed by atoms with Crippen LogP contribution in [0.25, 0.3) is 0 Å². The zero-order valence-electron chi connectivity index (χ0n) is 18.8. The van der Waals surface area contributed by atoms with Gasteiger partial charge >= 0.3 is 18.2 Å². The number of nitrogens with zero attached hydrogens (tertiary/aromatic N) is 1. The molecular weight excluding hydrogens is 488 g/mol. The number of carbonyl (C=O) groups is 4. The minimum atomic E-state index is -4.67. The largest absolute Gasteiger partial charge is 0.481 e. The summed E-state index contributed by atoms with van der Waals surface area (Å²) in [6, 6.07) is 11.2. The first-order chi connectivity index (χ1) is 17.0. The molecule has 8 nitrogen and oxygen atoms in total. The van der Waals surface area contributed by atoms with Crippen LogP contribution in [0.1, 0.15) is 29.5 Å². The van der Waals surface area contributed by atoms with E-state index in [9.17, 15) is 36.7 Å². The van der Waals surface area contributed by atoms with E-state index >= 15 is 0 Å². The van der Waals surface area contributed by atoms with E-state index in [0.717, 1.165) is 11.0 Å². The summed E-state index contributed by atoms with van der Waals surface area (Å²) >= 11 is 0. The summed E-state index contributed by atoms with van der Waals surface area (Å²) < 4.78 is 58.0. The Morgan fingerprint density at radius 2 is 1.75 bits per heavy atom. The van der Waals surface area contributed by atoms with Crippen LogP contribution in [0.3, 0.4) is 0 Å². The summed E-state index contributed by atoms with van der Waals surface area (Å²) in [6.45, 7) is -2.26. The molecule has 3 rings (SSSR count). The molecule has 2 N–H and O–H groups in total. The van der Waals surface area contributed by atoms with Crippen molar-refractivity contribution in [3.8, 4) is 0 Å². The third-order valence-corrected chi connectivity index (χ3v) is 5.65. The predicted octanol–water partition coefficient (Wildman–Crippen LogP) is 3.87. The lowest BCUT2D eigenvalue weighted by Crippen LogP contribution is -2.55. The summed E-state index contributed by atoms with van der Waals surface area (Å²) in [7, 11) is 0. The van der Waals surface area contributed by atoms with Crippen molar-refractivity contribution in [3.05, 3.63) is 65.2 Å². The highest BCUT2D eigenvalue weighted by atomic mass is 19.4. The minimum absolute atomic E-state index is 0.126. The molecule has 2 atom stereocenters. The Morgan fingerprint density at radius 1 is 1.08 bits per heavy atom. The van der Waals surface area contributed by atoms with E-state index in [4.69, 9.17) is 9.84 Å². The van der Waals surface area contributed by atoms with Crippen LogP contribution in [-0.2, 0) is 38.3 Å². The Kier molecular flexibility index (Phi) is 8.28. The maximum Gasteiger partial charge on any atom is 0.416 e. The second-order valence-corrected chi connectivity index (χ2v) is 8.02. The molecule has 12 heteroatoms. The van der Waals surface area contributed by atoms with Gasteiger partial charge in [-0.05, 0) is 30.5 Å². The first-order valence-electron chi connectivity index (χ1n) is 10.8. The second kappa shape index (κ2) is 11.2. The van der Waals surface area contributed by atoms with E-state index in [0.29, 0.717) is 17.7 Å². The standard InChI is InChI=1S/C24H22F4N2O6/c25-12-19(31)16(11-21(32)33)22(34)29-20-10-9-14-5-2-4-8-18(14)30(20)23(35)36-13-15-6-1-3-7-17(15)24(26,27)28/h1-8,16,20H,9-13H2,(H,29,34)(H,32,33). The van der Waals surface area contributed by atoms with Crippen molar-refractivity contribution in [2.24, 2.45) is 5.92 Å². The van der Waals surface area contributed by atoms with Crippen LogP contribution in [0, 0.1) is 5.92 Å². The fraction of sp³-hybridized carbons (Fsp3) is 0.333. The molecule has 2 aromatic carbocycles. The van der Waals surface area contributed by atoms with Crippen molar-refractivity contribution in [2.75, 3.05) is 11.6 Å². The lowest BCUT2D eigenvalue weighted by Gasteiger charge is -2.37. The summed E-state index contributed by atoms with van der Waals surface area (Å²) in [4.78, 5) is 49.7. The molecule has 192 valence electrons. The molecule has 0 bridgehead atoms. The average Bonchev–Trinajstić information content (AvgIpc) is 2.84.